The molecule has 1 saturated carbocycles. The van der Waals surface area contributed by atoms with Gasteiger partial charge < -0.3 is 10.1 Å². The van der Waals surface area contributed by atoms with E-state index in [4.69, 9.17) is 21.3 Å². The Balaban J connectivity index is 1.51. The Kier molecular flexibility index (Phi) is 6.28. The third-order valence-corrected chi connectivity index (χ3v) is 8.33. The molecule has 6 heteroatoms. The second-order valence-electron chi connectivity index (χ2n) is 10.0. The van der Waals surface area contributed by atoms with Gasteiger partial charge in [-0.2, -0.15) is 0 Å². The van der Waals surface area contributed by atoms with Crippen LogP contribution >= 0.6 is 11.6 Å². The number of halogens is 1. The van der Waals surface area contributed by atoms with Crippen molar-refractivity contribution in [3.8, 4) is 28.3 Å². The summed E-state index contributed by atoms with van der Waals surface area (Å²) in [6.07, 6.45) is 3.78. The highest BCUT2D eigenvalue weighted by molar-refractivity contribution is 6.30. The molecule has 184 valence electrons. The van der Waals surface area contributed by atoms with E-state index < -0.39 is 0 Å². The molecule has 1 N–H and O–H groups in total. The average Bonchev–Trinajstić information content (AvgIpc) is 3.02. The van der Waals surface area contributed by atoms with E-state index in [0.717, 1.165) is 41.4 Å². The Morgan fingerprint density at radius 3 is 2.61 bits per heavy atom. The van der Waals surface area contributed by atoms with Crippen molar-refractivity contribution in [3.05, 3.63) is 82.1 Å². The minimum atomic E-state index is -0.00293. The predicted molar refractivity (Wildman–Crippen MR) is 146 cm³/mol. The molecule has 2 heterocycles. The van der Waals surface area contributed by atoms with Crippen LogP contribution in [0, 0.1) is 17.8 Å². The SMILES string of the molecule is COc1ccccc1-c1nc2ccc(-c3ccc(Cl)cc3)cc2c(=O)n1C[C@H]1CNCCC2CCC21. The molecule has 1 aliphatic heterocycles. The molecule has 0 spiro atoms. The summed E-state index contributed by atoms with van der Waals surface area (Å²) in [5, 5.41) is 4.94. The second-order valence-corrected chi connectivity index (χ2v) is 10.5. The zero-order valence-corrected chi connectivity index (χ0v) is 21.2. The summed E-state index contributed by atoms with van der Waals surface area (Å²) in [5.41, 5.74) is 3.52. The standard InChI is InChI=1S/C30H30ClN3O2/c1-36-28-5-3-2-4-25(28)29-33-27-13-9-21(19-6-10-23(31)11-7-19)16-26(27)30(35)34(29)18-22-17-32-15-14-20-8-12-24(20)22/h2-7,9-11,13,16,20,22,24,32H,8,12,14-15,17-18H2,1H3/t20?,22-,24?/m1/s1. The summed E-state index contributed by atoms with van der Waals surface area (Å²) in [7, 11) is 1.66. The number of hydrogen-bond acceptors (Lipinski definition) is 4. The van der Waals surface area contributed by atoms with E-state index in [1.54, 1.807) is 7.11 Å². The molecular formula is C30H30ClN3O2. The van der Waals surface area contributed by atoms with Crippen molar-refractivity contribution >= 4 is 22.5 Å². The van der Waals surface area contributed by atoms with Gasteiger partial charge >= 0.3 is 0 Å². The minimum Gasteiger partial charge on any atom is -0.496 e. The molecule has 2 fully saturated rings. The van der Waals surface area contributed by atoms with Crippen molar-refractivity contribution in [2.24, 2.45) is 17.8 Å². The summed E-state index contributed by atoms with van der Waals surface area (Å²) in [5.74, 6) is 3.21. The normalized spacial score (nSPS) is 21.4. The maximum Gasteiger partial charge on any atom is 0.261 e. The molecule has 36 heavy (non-hydrogen) atoms. The lowest BCUT2D eigenvalue weighted by Gasteiger charge is -2.40. The highest BCUT2D eigenvalue weighted by atomic mass is 35.5. The molecule has 4 aromatic rings. The smallest absolute Gasteiger partial charge is 0.261 e. The first-order valence-electron chi connectivity index (χ1n) is 12.8. The molecule has 6 rings (SSSR count). The number of benzene rings is 3. The Bertz CT molecular complexity index is 1460. The number of hydrogen-bond donors (Lipinski definition) is 1. The third-order valence-electron chi connectivity index (χ3n) is 8.08. The van der Waals surface area contributed by atoms with Gasteiger partial charge in [-0.3, -0.25) is 9.36 Å². The first kappa shape index (κ1) is 23.3. The highest BCUT2D eigenvalue weighted by Crippen LogP contribution is 2.43. The molecule has 3 aromatic carbocycles. The average molecular weight is 500 g/mol. The molecule has 1 saturated heterocycles. The number of nitrogens with one attached hydrogen (secondary N) is 1. The van der Waals surface area contributed by atoms with Gasteiger partial charge in [-0.05, 0) is 97.6 Å². The number of para-hydroxylation sites is 1. The number of ether oxygens (including phenoxy) is 1. The molecule has 2 unspecified atom stereocenters. The van der Waals surface area contributed by atoms with E-state index in [9.17, 15) is 4.79 Å². The van der Waals surface area contributed by atoms with Gasteiger partial charge in [-0.25, -0.2) is 4.98 Å². The van der Waals surface area contributed by atoms with E-state index >= 15 is 0 Å². The lowest BCUT2D eigenvalue weighted by molar-refractivity contribution is 0.104. The Labute approximate surface area is 216 Å². The van der Waals surface area contributed by atoms with Gasteiger partial charge in [0.2, 0.25) is 0 Å². The first-order chi connectivity index (χ1) is 17.6. The lowest BCUT2D eigenvalue weighted by Crippen LogP contribution is -2.38. The van der Waals surface area contributed by atoms with Crippen LogP contribution in [0.2, 0.25) is 5.02 Å². The summed E-state index contributed by atoms with van der Waals surface area (Å²) in [4.78, 5) is 19.2. The quantitative estimate of drug-likeness (QED) is 0.364. The number of methoxy groups -OCH3 is 1. The van der Waals surface area contributed by atoms with Gasteiger partial charge in [0.1, 0.15) is 11.6 Å². The van der Waals surface area contributed by atoms with Crippen molar-refractivity contribution in [2.45, 2.75) is 25.8 Å². The Hall–Kier alpha value is -3.15. The van der Waals surface area contributed by atoms with Crippen molar-refractivity contribution < 1.29 is 4.74 Å². The molecule has 0 bridgehead atoms. The fourth-order valence-electron chi connectivity index (χ4n) is 5.98. The van der Waals surface area contributed by atoms with Crippen LogP contribution in [0.4, 0.5) is 0 Å². The van der Waals surface area contributed by atoms with Crippen LogP contribution in [0.3, 0.4) is 0 Å². The maximum atomic E-state index is 14.2. The van der Waals surface area contributed by atoms with Gasteiger partial charge in [-0.1, -0.05) is 41.9 Å². The van der Waals surface area contributed by atoms with E-state index in [-0.39, 0.29) is 5.56 Å². The molecule has 0 radical (unpaired) electrons. The molecule has 1 aromatic heterocycles. The Morgan fingerprint density at radius 1 is 1.03 bits per heavy atom. The summed E-state index contributed by atoms with van der Waals surface area (Å²) < 4.78 is 7.58. The number of aromatic nitrogens is 2. The van der Waals surface area contributed by atoms with Crippen molar-refractivity contribution in [2.75, 3.05) is 20.2 Å². The number of fused-ring (bicyclic) bond motifs is 2. The first-order valence-corrected chi connectivity index (χ1v) is 13.1. The zero-order chi connectivity index (χ0) is 24.6. The molecule has 5 nitrogen and oxygen atoms in total. The van der Waals surface area contributed by atoms with Crippen molar-refractivity contribution in [1.82, 2.24) is 14.9 Å². The van der Waals surface area contributed by atoms with Crippen LogP contribution in [-0.2, 0) is 6.54 Å². The minimum absolute atomic E-state index is 0.00293. The largest absolute Gasteiger partial charge is 0.496 e. The fraction of sp³-hybridized carbons (Fsp3) is 0.333. The highest BCUT2D eigenvalue weighted by Gasteiger charge is 2.38. The third kappa shape index (κ3) is 4.21. The topological polar surface area (TPSA) is 56.1 Å². The summed E-state index contributed by atoms with van der Waals surface area (Å²) in [6.45, 7) is 2.64. The van der Waals surface area contributed by atoms with E-state index in [2.05, 4.69) is 5.32 Å². The van der Waals surface area contributed by atoms with Gasteiger partial charge in [0, 0.05) is 11.6 Å². The van der Waals surface area contributed by atoms with Crippen LogP contribution in [0.5, 0.6) is 5.75 Å². The second kappa shape index (κ2) is 9.72. The van der Waals surface area contributed by atoms with E-state index in [0.29, 0.717) is 40.1 Å². The molecule has 0 amide bonds. The van der Waals surface area contributed by atoms with E-state index in [1.807, 2.05) is 71.3 Å². The van der Waals surface area contributed by atoms with Crippen molar-refractivity contribution in [3.63, 3.8) is 0 Å². The molecule has 1 aliphatic carbocycles. The van der Waals surface area contributed by atoms with E-state index in [1.165, 1.54) is 19.3 Å². The van der Waals surface area contributed by atoms with Crippen molar-refractivity contribution in [1.29, 1.82) is 0 Å². The fourth-order valence-corrected chi connectivity index (χ4v) is 6.11. The van der Waals surface area contributed by atoms with Gasteiger partial charge in [0.25, 0.3) is 5.56 Å². The molecular weight excluding hydrogens is 470 g/mol. The van der Waals surface area contributed by atoms with Crippen LogP contribution in [0.25, 0.3) is 33.4 Å². The number of nitrogens with zero attached hydrogens (tertiary/aromatic N) is 2. The van der Waals surface area contributed by atoms with Gasteiger partial charge in [0.05, 0.1) is 23.6 Å². The monoisotopic (exact) mass is 499 g/mol. The molecule has 2 aliphatic rings. The Morgan fingerprint density at radius 2 is 1.83 bits per heavy atom. The van der Waals surface area contributed by atoms with Crippen LogP contribution in [-0.4, -0.2) is 29.8 Å². The zero-order valence-electron chi connectivity index (χ0n) is 20.4. The van der Waals surface area contributed by atoms with Crippen LogP contribution < -0.4 is 15.6 Å². The maximum absolute atomic E-state index is 14.2. The molecule has 3 atom stereocenters. The summed E-state index contributed by atoms with van der Waals surface area (Å²) >= 11 is 6.09. The van der Waals surface area contributed by atoms with Crippen LogP contribution in [0.1, 0.15) is 19.3 Å². The lowest BCUT2D eigenvalue weighted by atomic mass is 9.66. The van der Waals surface area contributed by atoms with Gasteiger partial charge in [0.15, 0.2) is 0 Å². The summed E-state index contributed by atoms with van der Waals surface area (Å²) in [6, 6.07) is 21.5. The number of rotatable bonds is 5. The van der Waals surface area contributed by atoms with Gasteiger partial charge in [-0.15, -0.1) is 0 Å². The van der Waals surface area contributed by atoms with Crippen LogP contribution in [0.15, 0.2) is 71.5 Å². The predicted octanol–water partition coefficient (Wildman–Crippen LogP) is 6.03.